The lowest BCUT2D eigenvalue weighted by Gasteiger charge is -2.15. The minimum Gasteiger partial charge on any atom is -0.391 e. The van der Waals surface area contributed by atoms with E-state index in [4.69, 9.17) is 0 Å². The first-order chi connectivity index (χ1) is 7.58. The molecular weight excluding hydrogens is 324 g/mol. The Labute approximate surface area is 106 Å². The van der Waals surface area contributed by atoms with Crippen LogP contribution in [0.1, 0.15) is 16.8 Å². The largest absolute Gasteiger partial charge is 0.391 e. The molecule has 1 saturated heterocycles. The van der Waals surface area contributed by atoms with E-state index < -0.39 is 6.10 Å². The molecule has 16 heavy (non-hydrogen) atoms. The Morgan fingerprint density at radius 3 is 2.88 bits per heavy atom. The molecule has 0 saturated carbocycles. The molecular formula is C11H11FINO2. The van der Waals surface area contributed by atoms with E-state index in [0.29, 0.717) is 28.6 Å². The summed E-state index contributed by atoms with van der Waals surface area (Å²) in [5.41, 5.74) is 0.472. The zero-order valence-electron chi connectivity index (χ0n) is 8.49. The Morgan fingerprint density at radius 1 is 1.56 bits per heavy atom. The van der Waals surface area contributed by atoms with E-state index in [1.54, 1.807) is 4.90 Å². The lowest BCUT2D eigenvalue weighted by Crippen LogP contribution is -2.29. The van der Waals surface area contributed by atoms with Crippen LogP contribution in [0.3, 0.4) is 0 Å². The molecule has 1 amide bonds. The zero-order valence-corrected chi connectivity index (χ0v) is 10.6. The van der Waals surface area contributed by atoms with Gasteiger partial charge in [-0.1, -0.05) is 0 Å². The van der Waals surface area contributed by atoms with Crippen LogP contribution in [0.5, 0.6) is 0 Å². The van der Waals surface area contributed by atoms with Gasteiger partial charge in [0.2, 0.25) is 0 Å². The van der Waals surface area contributed by atoms with Crippen LogP contribution in [0, 0.1) is 9.39 Å². The molecule has 3 nitrogen and oxygen atoms in total. The van der Waals surface area contributed by atoms with E-state index in [1.165, 1.54) is 18.2 Å². The molecule has 1 N–H and O–H groups in total. The van der Waals surface area contributed by atoms with Gasteiger partial charge in [0.25, 0.3) is 5.91 Å². The van der Waals surface area contributed by atoms with E-state index in [2.05, 4.69) is 0 Å². The van der Waals surface area contributed by atoms with E-state index in [0.717, 1.165) is 0 Å². The second-order valence-electron chi connectivity index (χ2n) is 3.82. The molecule has 1 aliphatic heterocycles. The fourth-order valence-corrected chi connectivity index (χ4v) is 2.25. The number of rotatable bonds is 1. The predicted octanol–water partition coefficient (Wildman–Crippen LogP) is 1.64. The number of carbonyl (C=O) groups excluding carboxylic acids is 1. The molecule has 0 aromatic heterocycles. The lowest BCUT2D eigenvalue weighted by atomic mass is 10.2. The topological polar surface area (TPSA) is 40.5 Å². The van der Waals surface area contributed by atoms with Gasteiger partial charge in [0.05, 0.1) is 6.10 Å². The molecule has 1 aromatic carbocycles. The number of halogens is 2. The number of aliphatic hydroxyl groups is 1. The molecule has 0 spiro atoms. The number of β-amino-alcohol motifs (C(OH)–C–C–N with tert-alkyl or cyclic N) is 1. The molecule has 1 fully saturated rings. The Hall–Kier alpha value is -0.690. The van der Waals surface area contributed by atoms with Crippen LogP contribution in [0.4, 0.5) is 4.39 Å². The fourth-order valence-electron chi connectivity index (χ4n) is 1.74. The minimum absolute atomic E-state index is 0.144. The van der Waals surface area contributed by atoms with Gasteiger partial charge in [0, 0.05) is 22.2 Å². The summed E-state index contributed by atoms with van der Waals surface area (Å²) in [6.07, 6.45) is 0.188. The Balaban J connectivity index is 2.18. The zero-order chi connectivity index (χ0) is 11.7. The second kappa shape index (κ2) is 4.67. The van der Waals surface area contributed by atoms with Crippen molar-refractivity contribution in [1.29, 1.82) is 0 Å². The van der Waals surface area contributed by atoms with Crippen molar-refractivity contribution in [2.75, 3.05) is 13.1 Å². The third-order valence-electron chi connectivity index (χ3n) is 2.62. The van der Waals surface area contributed by atoms with Crippen LogP contribution < -0.4 is 0 Å². The monoisotopic (exact) mass is 335 g/mol. The number of amides is 1. The van der Waals surface area contributed by atoms with E-state index >= 15 is 0 Å². The average molecular weight is 335 g/mol. The maximum Gasteiger partial charge on any atom is 0.253 e. The van der Waals surface area contributed by atoms with Gasteiger partial charge < -0.3 is 10.0 Å². The molecule has 1 aromatic rings. The number of nitrogens with zero attached hydrogens (tertiary/aromatic N) is 1. The smallest absolute Gasteiger partial charge is 0.253 e. The number of carbonyl (C=O) groups is 1. The van der Waals surface area contributed by atoms with Crippen molar-refractivity contribution in [2.24, 2.45) is 0 Å². The van der Waals surface area contributed by atoms with Gasteiger partial charge in [0.1, 0.15) is 5.82 Å². The standard InChI is InChI=1S/C11H11FINO2/c12-9-2-1-7(5-10(9)13)11(16)14-4-3-8(15)6-14/h1-2,5,8,15H,3-4,6H2/t8-/m0/s1. The molecule has 2 rings (SSSR count). The highest BCUT2D eigenvalue weighted by atomic mass is 127. The molecule has 1 heterocycles. The molecule has 1 aliphatic rings. The van der Waals surface area contributed by atoms with E-state index in [1.807, 2.05) is 22.6 Å². The number of benzene rings is 1. The molecule has 0 aliphatic carbocycles. The lowest BCUT2D eigenvalue weighted by molar-refractivity contribution is 0.0765. The van der Waals surface area contributed by atoms with Crippen LogP contribution >= 0.6 is 22.6 Å². The summed E-state index contributed by atoms with van der Waals surface area (Å²) >= 11 is 1.86. The van der Waals surface area contributed by atoms with E-state index in [9.17, 15) is 14.3 Å². The van der Waals surface area contributed by atoms with Gasteiger partial charge in [-0.05, 0) is 47.2 Å². The van der Waals surface area contributed by atoms with Crippen molar-refractivity contribution in [3.8, 4) is 0 Å². The van der Waals surface area contributed by atoms with Gasteiger partial charge in [-0.25, -0.2) is 4.39 Å². The number of aliphatic hydroxyl groups excluding tert-OH is 1. The third kappa shape index (κ3) is 2.35. The molecule has 0 unspecified atom stereocenters. The van der Waals surface area contributed by atoms with Gasteiger partial charge in [-0.3, -0.25) is 4.79 Å². The first-order valence-corrected chi connectivity index (χ1v) is 6.08. The van der Waals surface area contributed by atoms with Crippen molar-refractivity contribution < 1.29 is 14.3 Å². The summed E-state index contributed by atoms with van der Waals surface area (Å²) in [4.78, 5) is 13.5. The summed E-state index contributed by atoms with van der Waals surface area (Å²) in [6.45, 7) is 0.931. The molecule has 5 heteroatoms. The Kier molecular flexibility index (Phi) is 3.44. The number of likely N-dealkylation sites (tertiary alicyclic amines) is 1. The van der Waals surface area contributed by atoms with Crippen LogP contribution in [0.15, 0.2) is 18.2 Å². The summed E-state index contributed by atoms with van der Waals surface area (Å²) in [5, 5.41) is 9.34. The molecule has 1 atom stereocenters. The number of hydrogen-bond donors (Lipinski definition) is 1. The minimum atomic E-state index is -0.427. The summed E-state index contributed by atoms with van der Waals surface area (Å²) in [7, 11) is 0. The fraction of sp³-hybridized carbons (Fsp3) is 0.364. The van der Waals surface area contributed by atoms with Crippen LogP contribution in [-0.2, 0) is 0 Å². The quantitative estimate of drug-likeness (QED) is 0.793. The molecule has 0 bridgehead atoms. The number of hydrogen-bond acceptors (Lipinski definition) is 2. The Morgan fingerprint density at radius 2 is 2.31 bits per heavy atom. The van der Waals surface area contributed by atoms with E-state index in [-0.39, 0.29) is 11.7 Å². The van der Waals surface area contributed by atoms with Gasteiger partial charge in [0.15, 0.2) is 0 Å². The van der Waals surface area contributed by atoms with Crippen LogP contribution in [0.25, 0.3) is 0 Å². The average Bonchev–Trinajstić information content (AvgIpc) is 2.68. The normalized spacial score (nSPS) is 20.2. The first kappa shape index (κ1) is 11.8. The van der Waals surface area contributed by atoms with Gasteiger partial charge in [-0.15, -0.1) is 0 Å². The first-order valence-electron chi connectivity index (χ1n) is 5.00. The maximum absolute atomic E-state index is 13.0. The van der Waals surface area contributed by atoms with Crippen molar-refractivity contribution in [2.45, 2.75) is 12.5 Å². The summed E-state index contributed by atoms with van der Waals surface area (Å²) in [5.74, 6) is -0.465. The SMILES string of the molecule is O=C(c1ccc(F)c(I)c1)N1CC[C@H](O)C1. The highest BCUT2D eigenvalue weighted by Gasteiger charge is 2.25. The predicted molar refractivity (Wildman–Crippen MR) is 65.6 cm³/mol. The Bertz CT molecular complexity index is 424. The van der Waals surface area contributed by atoms with Gasteiger partial charge in [-0.2, -0.15) is 0 Å². The van der Waals surface area contributed by atoms with Crippen molar-refractivity contribution >= 4 is 28.5 Å². The highest BCUT2D eigenvalue weighted by molar-refractivity contribution is 14.1. The molecule has 86 valence electrons. The second-order valence-corrected chi connectivity index (χ2v) is 4.98. The van der Waals surface area contributed by atoms with Crippen LogP contribution in [-0.4, -0.2) is 35.1 Å². The van der Waals surface area contributed by atoms with Crippen molar-refractivity contribution in [1.82, 2.24) is 4.90 Å². The van der Waals surface area contributed by atoms with Crippen LogP contribution in [0.2, 0.25) is 0 Å². The maximum atomic E-state index is 13.0. The highest BCUT2D eigenvalue weighted by Crippen LogP contribution is 2.17. The molecule has 0 radical (unpaired) electrons. The third-order valence-corrected chi connectivity index (χ3v) is 3.44. The summed E-state index contributed by atoms with van der Waals surface area (Å²) in [6, 6.07) is 4.30. The van der Waals surface area contributed by atoms with Crippen molar-refractivity contribution in [3.05, 3.63) is 33.1 Å². The van der Waals surface area contributed by atoms with Gasteiger partial charge >= 0.3 is 0 Å². The van der Waals surface area contributed by atoms with Crippen molar-refractivity contribution in [3.63, 3.8) is 0 Å². The summed E-state index contributed by atoms with van der Waals surface area (Å²) < 4.78 is 13.5.